The highest BCUT2D eigenvalue weighted by molar-refractivity contribution is 5.93. The monoisotopic (exact) mass is 292 g/mol. The van der Waals surface area contributed by atoms with Crippen LogP contribution in [0.3, 0.4) is 0 Å². The van der Waals surface area contributed by atoms with Crippen LogP contribution in [0.2, 0.25) is 0 Å². The van der Waals surface area contributed by atoms with E-state index in [0.29, 0.717) is 5.56 Å². The number of carboxylic acids is 1. The first kappa shape index (κ1) is 16.4. The first-order chi connectivity index (χ1) is 9.81. The molecule has 0 heterocycles. The van der Waals surface area contributed by atoms with Gasteiger partial charge in [0.1, 0.15) is 6.54 Å². The van der Waals surface area contributed by atoms with Crippen molar-refractivity contribution in [2.24, 2.45) is 0 Å². The minimum absolute atomic E-state index is 0.0733. The molecule has 0 fully saturated rings. The smallest absolute Gasteiger partial charge is 0.323 e. The van der Waals surface area contributed by atoms with Gasteiger partial charge in [0.25, 0.3) is 5.69 Å². The first-order valence-corrected chi connectivity index (χ1v) is 6.26. The van der Waals surface area contributed by atoms with Crippen LogP contribution in [-0.4, -0.2) is 39.4 Å². The zero-order valence-electron chi connectivity index (χ0n) is 11.7. The quantitative estimate of drug-likeness (QED) is 0.490. The number of non-ortho nitro benzene ring substituents is 1. The number of amides is 1. The fraction of sp³-hybridized carbons (Fsp3) is 0.286. The van der Waals surface area contributed by atoms with E-state index in [-0.39, 0.29) is 11.7 Å². The van der Waals surface area contributed by atoms with E-state index in [1.807, 2.05) is 0 Å². The number of carbonyl (C=O) groups excluding carboxylic acids is 1. The van der Waals surface area contributed by atoms with Crippen LogP contribution in [0.1, 0.15) is 19.4 Å². The molecule has 21 heavy (non-hydrogen) atoms. The topological polar surface area (TPSA) is 101 Å². The van der Waals surface area contributed by atoms with Gasteiger partial charge in [-0.1, -0.05) is 12.1 Å². The SMILES string of the molecule is CC(C)N(CC(=O)O)C(=O)/C=C/c1cccc([N+](=O)[O-])c1. The highest BCUT2D eigenvalue weighted by Crippen LogP contribution is 2.14. The Bertz CT molecular complexity index is 580. The predicted molar refractivity (Wildman–Crippen MR) is 76.6 cm³/mol. The highest BCUT2D eigenvalue weighted by Gasteiger charge is 2.17. The Kier molecular flexibility index (Phi) is 5.59. The van der Waals surface area contributed by atoms with E-state index < -0.39 is 23.3 Å². The van der Waals surface area contributed by atoms with Gasteiger partial charge >= 0.3 is 5.97 Å². The van der Waals surface area contributed by atoms with Crippen molar-refractivity contribution in [3.63, 3.8) is 0 Å². The van der Waals surface area contributed by atoms with E-state index in [1.165, 1.54) is 35.3 Å². The van der Waals surface area contributed by atoms with Crippen LogP contribution in [0.4, 0.5) is 5.69 Å². The van der Waals surface area contributed by atoms with Crippen LogP contribution >= 0.6 is 0 Å². The summed E-state index contributed by atoms with van der Waals surface area (Å²) in [6.07, 6.45) is 2.63. The Morgan fingerprint density at radius 2 is 2.10 bits per heavy atom. The van der Waals surface area contributed by atoms with Crippen molar-refractivity contribution < 1.29 is 19.6 Å². The zero-order valence-corrected chi connectivity index (χ0v) is 11.7. The molecule has 0 unspecified atom stereocenters. The Balaban J connectivity index is 2.87. The summed E-state index contributed by atoms with van der Waals surface area (Å²) in [6.45, 7) is 3.03. The molecule has 0 aliphatic heterocycles. The van der Waals surface area contributed by atoms with Gasteiger partial charge in [-0.05, 0) is 25.5 Å². The highest BCUT2D eigenvalue weighted by atomic mass is 16.6. The largest absolute Gasteiger partial charge is 0.480 e. The van der Waals surface area contributed by atoms with Crippen molar-refractivity contribution in [3.05, 3.63) is 46.0 Å². The van der Waals surface area contributed by atoms with Crippen LogP contribution in [0, 0.1) is 10.1 Å². The Labute approximate surface area is 121 Å². The fourth-order valence-electron chi connectivity index (χ4n) is 1.67. The minimum atomic E-state index is -1.10. The molecule has 7 heteroatoms. The summed E-state index contributed by atoms with van der Waals surface area (Å²) in [5.41, 5.74) is 0.424. The Morgan fingerprint density at radius 1 is 1.43 bits per heavy atom. The van der Waals surface area contributed by atoms with Crippen LogP contribution < -0.4 is 0 Å². The van der Waals surface area contributed by atoms with E-state index >= 15 is 0 Å². The Hall–Kier alpha value is -2.70. The summed E-state index contributed by atoms with van der Waals surface area (Å²) in [6, 6.07) is 5.56. The van der Waals surface area contributed by atoms with Crippen molar-refractivity contribution in [3.8, 4) is 0 Å². The van der Waals surface area contributed by atoms with Gasteiger partial charge in [0, 0.05) is 24.3 Å². The number of aliphatic carboxylic acids is 1. The third-order valence-corrected chi connectivity index (χ3v) is 2.71. The fourth-order valence-corrected chi connectivity index (χ4v) is 1.67. The standard InChI is InChI=1S/C14H16N2O5/c1-10(2)15(9-14(18)19)13(17)7-6-11-4-3-5-12(8-11)16(20)21/h3-8,10H,9H2,1-2H3,(H,18,19)/b7-6+. The first-order valence-electron chi connectivity index (χ1n) is 6.26. The van der Waals surface area contributed by atoms with E-state index in [1.54, 1.807) is 19.9 Å². The number of rotatable bonds is 6. The number of nitro groups is 1. The number of nitro benzene ring substituents is 1. The van der Waals surface area contributed by atoms with Crippen molar-refractivity contribution in [2.75, 3.05) is 6.54 Å². The van der Waals surface area contributed by atoms with E-state index in [2.05, 4.69) is 0 Å². The van der Waals surface area contributed by atoms with Crippen molar-refractivity contribution in [1.29, 1.82) is 0 Å². The van der Waals surface area contributed by atoms with Gasteiger partial charge in [0.2, 0.25) is 5.91 Å². The number of hydrogen-bond acceptors (Lipinski definition) is 4. The van der Waals surface area contributed by atoms with Crippen LogP contribution in [0.25, 0.3) is 6.08 Å². The summed E-state index contributed by atoms with van der Waals surface area (Å²) in [5, 5.41) is 19.4. The third kappa shape index (κ3) is 5.06. The summed E-state index contributed by atoms with van der Waals surface area (Å²) < 4.78 is 0. The summed E-state index contributed by atoms with van der Waals surface area (Å²) >= 11 is 0. The molecule has 0 aliphatic rings. The van der Waals surface area contributed by atoms with E-state index in [4.69, 9.17) is 5.11 Å². The number of carboxylic acid groups (broad SMARTS) is 1. The molecular weight excluding hydrogens is 276 g/mol. The van der Waals surface area contributed by atoms with E-state index in [9.17, 15) is 19.7 Å². The van der Waals surface area contributed by atoms with Crippen LogP contribution in [-0.2, 0) is 9.59 Å². The molecule has 1 N–H and O–H groups in total. The van der Waals surface area contributed by atoms with Crippen molar-refractivity contribution in [2.45, 2.75) is 19.9 Å². The molecule has 112 valence electrons. The summed E-state index contributed by atoms with van der Waals surface area (Å²) in [5.74, 6) is -1.56. The second-order valence-corrected chi connectivity index (χ2v) is 4.64. The average Bonchev–Trinajstić information content (AvgIpc) is 2.42. The predicted octanol–water partition coefficient (Wildman–Crippen LogP) is 1.93. The second kappa shape index (κ2) is 7.18. The lowest BCUT2D eigenvalue weighted by Crippen LogP contribution is -2.39. The molecule has 0 aliphatic carbocycles. The number of carbonyl (C=O) groups is 2. The normalized spacial score (nSPS) is 10.8. The van der Waals surface area contributed by atoms with Crippen molar-refractivity contribution in [1.82, 2.24) is 4.90 Å². The summed E-state index contributed by atoms with van der Waals surface area (Å²) in [7, 11) is 0. The van der Waals surface area contributed by atoms with Gasteiger partial charge in [-0.15, -0.1) is 0 Å². The molecule has 0 aromatic heterocycles. The molecule has 0 bridgehead atoms. The number of hydrogen-bond donors (Lipinski definition) is 1. The lowest BCUT2D eigenvalue weighted by atomic mass is 10.2. The van der Waals surface area contributed by atoms with Crippen LogP contribution in [0.15, 0.2) is 30.3 Å². The molecule has 1 aromatic rings. The Morgan fingerprint density at radius 3 is 2.62 bits per heavy atom. The molecular formula is C14H16N2O5. The molecule has 0 saturated heterocycles. The van der Waals surface area contributed by atoms with Gasteiger partial charge in [0.05, 0.1) is 4.92 Å². The molecule has 1 rings (SSSR count). The third-order valence-electron chi connectivity index (χ3n) is 2.71. The van der Waals surface area contributed by atoms with Gasteiger partial charge in [-0.25, -0.2) is 0 Å². The molecule has 0 radical (unpaired) electrons. The molecule has 1 amide bonds. The summed E-state index contributed by atoms with van der Waals surface area (Å²) in [4.78, 5) is 34.0. The number of benzene rings is 1. The average molecular weight is 292 g/mol. The number of nitrogens with zero attached hydrogens (tertiary/aromatic N) is 2. The lowest BCUT2D eigenvalue weighted by molar-refractivity contribution is -0.384. The zero-order chi connectivity index (χ0) is 16.0. The lowest BCUT2D eigenvalue weighted by Gasteiger charge is -2.23. The van der Waals surface area contributed by atoms with Gasteiger partial charge in [0.15, 0.2) is 0 Å². The molecule has 0 atom stereocenters. The molecule has 1 aromatic carbocycles. The van der Waals surface area contributed by atoms with Crippen molar-refractivity contribution >= 4 is 23.6 Å². The van der Waals surface area contributed by atoms with E-state index in [0.717, 1.165) is 0 Å². The van der Waals surface area contributed by atoms with Gasteiger partial charge in [-0.2, -0.15) is 0 Å². The maximum atomic E-state index is 12.0. The van der Waals surface area contributed by atoms with Gasteiger partial charge in [-0.3, -0.25) is 19.7 Å². The second-order valence-electron chi connectivity index (χ2n) is 4.64. The molecule has 7 nitrogen and oxygen atoms in total. The maximum Gasteiger partial charge on any atom is 0.323 e. The maximum absolute atomic E-state index is 12.0. The molecule has 0 saturated carbocycles. The molecule has 0 spiro atoms. The van der Waals surface area contributed by atoms with Crippen LogP contribution in [0.5, 0.6) is 0 Å². The van der Waals surface area contributed by atoms with Gasteiger partial charge < -0.3 is 10.0 Å². The minimum Gasteiger partial charge on any atom is -0.480 e.